The number of amides is 1. The molecule has 0 aromatic carbocycles. The molecule has 8 heteroatoms. The number of hydrogen-bond donors (Lipinski definition) is 1. The molecule has 1 N–H and O–H groups in total. The Balaban J connectivity index is 3.32. The molecule has 7 atom stereocenters. The van der Waals surface area contributed by atoms with Crippen molar-refractivity contribution in [3.8, 4) is 0 Å². The van der Waals surface area contributed by atoms with Crippen LogP contribution in [0.5, 0.6) is 0 Å². The summed E-state index contributed by atoms with van der Waals surface area (Å²) in [6.07, 6.45) is 1.30. The third kappa shape index (κ3) is 9.44. The van der Waals surface area contributed by atoms with Crippen LogP contribution in [0, 0.1) is 40.9 Å². The van der Waals surface area contributed by atoms with Crippen molar-refractivity contribution in [3.63, 3.8) is 0 Å². The van der Waals surface area contributed by atoms with E-state index in [4.69, 9.17) is 14.2 Å². The molecule has 0 spiro atoms. The fraction of sp³-hybridized carbons (Fsp3) is 0.867. The Hall–Kier alpha value is -1.80. The summed E-state index contributed by atoms with van der Waals surface area (Å²) in [6.45, 7) is 18.7. The molecule has 0 aromatic heterocycles. The van der Waals surface area contributed by atoms with Gasteiger partial charge >= 0.3 is 6.09 Å². The van der Waals surface area contributed by atoms with Crippen molar-refractivity contribution in [1.82, 2.24) is 5.32 Å². The van der Waals surface area contributed by atoms with E-state index < -0.39 is 17.6 Å². The van der Waals surface area contributed by atoms with Crippen molar-refractivity contribution in [2.75, 3.05) is 33.5 Å². The monoisotopic (exact) mass is 539 g/mol. The predicted octanol–water partition coefficient (Wildman–Crippen LogP) is 5.26. The summed E-state index contributed by atoms with van der Waals surface area (Å²) in [6, 6.07) is 0. The van der Waals surface area contributed by atoms with E-state index in [-0.39, 0.29) is 65.3 Å². The Kier molecular flexibility index (Phi) is 13.6. The summed E-state index contributed by atoms with van der Waals surface area (Å²) in [5.41, 5.74) is -1.34. The van der Waals surface area contributed by atoms with Gasteiger partial charge in [0.1, 0.15) is 23.0 Å². The van der Waals surface area contributed by atoms with E-state index in [0.29, 0.717) is 39.1 Å². The first kappa shape index (κ1) is 34.2. The van der Waals surface area contributed by atoms with Gasteiger partial charge in [-0.3, -0.25) is 14.4 Å². The van der Waals surface area contributed by atoms with E-state index in [1.807, 2.05) is 41.5 Å². The average Bonchev–Trinajstić information content (AvgIpc) is 2.85. The molecule has 1 amide bonds. The second-order valence-electron chi connectivity index (χ2n) is 12.4. The third-order valence-corrected chi connectivity index (χ3v) is 8.71. The topological polar surface area (TPSA) is 108 Å². The minimum absolute atomic E-state index is 0.0655. The van der Waals surface area contributed by atoms with Crippen LogP contribution < -0.4 is 5.32 Å². The molecular formula is C30H53NO7. The van der Waals surface area contributed by atoms with E-state index in [1.165, 1.54) is 0 Å². The number of Topliss-reactive ketones (excluding diaryl/α,β-unsaturated/α-hetero) is 3. The third-order valence-electron chi connectivity index (χ3n) is 8.71. The molecule has 0 saturated heterocycles. The molecular weight excluding hydrogens is 486 g/mol. The van der Waals surface area contributed by atoms with E-state index >= 15 is 0 Å². The normalized spacial score (nSPS) is 33.5. The first-order valence-electron chi connectivity index (χ1n) is 14.2. The smallest absolute Gasteiger partial charge is 0.407 e. The summed E-state index contributed by atoms with van der Waals surface area (Å²) in [4.78, 5) is 53.1. The molecule has 0 bridgehead atoms. The summed E-state index contributed by atoms with van der Waals surface area (Å²) in [7, 11) is 1.59. The van der Waals surface area contributed by atoms with Crippen molar-refractivity contribution in [2.45, 2.75) is 93.6 Å². The highest BCUT2D eigenvalue weighted by Gasteiger charge is 2.48. The zero-order valence-corrected chi connectivity index (χ0v) is 25.5. The number of ketones is 3. The number of hydrogen-bond acceptors (Lipinski definition) is 7. The van der Waals surface area contributed by atoms with Crippen LogP contribution in [-0.2, 0) is 28.6 Å². The maximum atomic E-state index is 13.6. The number of ether oxygens (including phenoxy) is 3. The predicted molar refractivity (Wildman–Crippen MR) is 148 cm³/mol. The second kappa shape index (κ2) is 15.1. The van der Waals surface area contributed by atoms with Crippen LogP contribution in [0.1, 0.15) is 88.0 Å². The van der Waals surface area contributed by atoms with E-state index in [1.54, 1.807) is 14.0 Å². The lowest BCUT2D eigenvalue weighted by Crippen LogP contribution is -2.52. The molecule has 8 nitrogen and oxygen atoms in total. The van der Waals surface area contributed by atoms with Gasteiger partial charge in [0.05, 0.1) is 25.7 Å². The van der Waals surface area contributed by atoms with E-state index in [2.05, 4.69) is 19.2 Å². The molecule has 0 heterocycles. The van der Waals surface area contributed by atoms with Gasteiger partial charge in [-0.15, -0.1) is 0 Å². The van der Waals surface area contributed by atoms with Gasteiger partial charge in [-0.2, -0.15) is 0 Å². The largest absolute Gasteiger partial charge is 0.443 e. The minimum atomic E-state index is -1.10. The van der Waals surface area contributed by atoms with Crippen LogP contribution in [-0.4, -0.2) is 62.5 Å². The molecule has 220 valence electrons. The quantitative estimate of drug-likeness (QED) is 0.331. The molecule has 1 fully saturated rings. The lowest BCUT2D eigenvalue weighted by Gasteiger charge is -2.44. The fourth-order valence-corrected chi connectivity index (χ4v) is 6.14. The van der Waals surface area contributed by atoms with Crippen LogP contribution in [0.2, 0.25) is 0 Å². The van der Waals surface area contributed by atoms with Crippen molar-refractivity contribution in [3.05, 3.63) is 0 Å². The molecule has 0 radical (unpaired) electrons. The van der Waals surface area contributed by atoms with Gasteiger partial charge in [0.25, 0.3) is 0 Å². The van der Waals surface area contributed by atoms with Crippen molar-refractivity contribution in [1.29, 1.82) is 0 Å². The Labute approximate surface area is 230 Å². The van der Waals surface area contributed by atoms with Crippen molar-refractivity contribution >= 4 is 23.4 Å². The maximum Gasteiger partial charge on any atom is 0.407 e. The van der Waals surface area contributed by atoms with Crippen molar-refractivity contribution < 1.29 is 33.4 Å². The second-order valence-corrected chi connectivity index (χ2v) is 12.4. The molecule has 1 saturated carbocycles. The minimum Gasteiger partial charge on any atom is -0.443 e. The van der Waals surface area contributed by atoms with Crippen LogP contribution in [0.3, 0.4) is 0 Å². The lowest BCUT2D eigenvalue weighted by atomic mass is 9.66. The summed E-state index contributed by atoms with van der Waals surface area (Å²) >= 11 is 0. The number of carbonyl (C=O) groups is 4. The summed E-state index contributed by atoms with van der Waals surface area (Å²) in [5, 5.41) is 2.73. The zero-order chi connectivity index (χ0) is 29.3. The van der Waals surface area contributed by atoms with Gasteiger partial charge in [0.2, 0.25) is 0 Å². The maximum absolute atomic E-state index is 13.6. The SMILES string of the molecule is CC[C@H]1CC(=O)C(C)C(=O)[C@H](C)CC(C)(C)C[C@@H](C)C(=O)C(C)C(C)[C@]1(C)OC(=O)NCCOCCOC. The van der Waals surface area contributed by atoms with Gasteiger partial charge in [-0.25, -0.2) is 4.79 Å². The van der Waals surface area contributed by atoms with Gasteiger partial charge < -0.3 is 19.5 Å². The van der Waals surface area contributed by atoms with Gasteiger partial charge in [-0.1, -0.05) is 48.5 Å². The molecule has 0 aromatic rings. The van der Waals surface area contributed by atoms with E-state index in [0.717, 1.165) is 0 Å². The highest BCUT2D eigenvalue weighted by molar-refractivity contribution is 6.03. The first-order chi connectivity index (χ1) is 17.6. The van der Waals surface area contributed by atoms with Crippen LogP contribution in [0.4, 0.5) is 4.79 Å². The Morgan fingerprint density at radius 3 is 2.05 bits per heavy atom. The number of carbonyl (C=O) groups excluding carboxylic acids is 4. The molecule has 1 aliphatic rings. The standard InChI is InChI=1S/C30H53NO7/c1-11-24-16-25(32)22(5)27(34)20(3)18-29(7,8)17-19(2)26(33)21(4)23(6)30(24,9)38-28(35)31-12-13-37-15-14-36-10/h19-24H,11-18H2,1-10H3,(H,31,35)/t19-,20-,21?,22?,23?,24+,30+/m1/s1. The van der Waals surface area contributed by atoms with Crippen LogP contribution >= 0.6 is 0 Å². The van der Waals surface area contributed by atoms with Crippen LogP contribution in [0.15, 0.2) is 0 Å². The number of alkyl carbamates (subject to hydrolysis) is 1. The molecule has 1 aliphatic carbocycles. The lowest BCUT2D eigenvalue weighted by molar-refractivity contribution is -0.141. The Morgan fingerprint density at radius 1 is 0.921 bits per heavy atom. The Bertz CT molecular complexity index is 810. The summed E-state index contributed by atoms with van der Waals surface area (Å²) < 4.78 is 16.4. The molecule has 3 unspecified atom stereocenters. The summed E-state index contributed by atoms with van der Waals surface area (Å²) in [5.74, 6) is -2.43. The average molecular weight is 540 g/mol. The highest BCUT2D eigenvalue weighted by atomic mass is 16.6. The van der Waals surface area contributed by atoms with Crippen molar-refractivity contribution in [2.24, 2.45) is 40.9 Å². The van der Waals surface area contributed by atoms with Gasteiger partial charge in [-0.05, 0) is 38.5 Å². The number of nitrogens with one attached hydrogen (secondary N) is 1. The zero-order valence-electron chi connectivity index (χ0n) is 25.5. The number of rotatable bonds is 8. The Morgan fingerprint density at radius 2 is 1.50 bits per heavy atom. The highest BCUT2D eigenvalue weighted by Crippen LogP contribution is 2.42. The van der Waals surface area contributed by atoms with Crippen LogP contribution in [0.25, 0.3) is 0 Å². The number of methoxy groups -OCH3 is 1. The fourth-order valence-electron chi connectivity index (χ4n) is 6.14. The molecule has 38 heavy (non-hydrogen) atoms. The van der Waals surface area contributed by atoms with Gasteiger partial charge in [0, 0.05) is 49.7 Å². The first-order valence-corrected chi connectivity index (χ1v) is 14.2. The molecule has 0 aliphatic heterocycles. The van der Waals surface area contributed by atoms with E-state index in [9.17, 15) is 19.2 Å². The van der Waals surface area contributed by atoms with Gasteiger partial charge in [0.15, 0.2) is 0 Å². The molecule has 1 rings (SSSR count).